The topological polar surface area (TPSA) is 60.2 Å². The van der Waals surface area contributed by atoms with Gasteiger partial charge in [-0.25, -0.2) is 4.98 Å². The van der Waals surface area contributed by atoms with Crippen LogP contribution in [-0.2, 0) is 0 Å². The van der Waals surface area contributed by atoms with Gasteiger partial charge in [0.1, 0.15) is 0 Å². The lowest BCUT2D eigenvalue weighted by atomic mass is 10.2. The van der Waals surface area contributed by atoms with E-state index in [2.05, 4.69) is 17.2 Å². The van der Waals surface area contributed by atoms with Gasteiger partial charge in [-0.05, 0) is 37.9 Å². The van der Waals surface area contributed by atoms with E-state index in [-0.39, 0.29) is 0 Å². The number of hydrogen-bond donors (Lipinski definition) is 2. The Kier molecular flexibility index (Phi) is 7.14. The van der Waals surface area contributed by atoms with Crippen LogP contribution in [0.3, 0.4) is 0 Å². The number of nitrogens with one attached hydrogen (secondary N) is 1. The first-order valence-corrected chi connectivity index (χ1v) is 6.40. The first-order valence-electron chi connectivity index (χ1n) is 6.40. The fraction of sp³-hybridized carbons (Fsp3) is 0.615. The van der Waals surface area contributed by atoms with Gasteiger partial charge in [0.15, 0.2) is 11.6 Å². The van der Waals surface area contributed by atoms with Gasteiger partial charge in [-0.15, -0.1) is 0 Å². The van der Waals surface area contributed by atoms with E-state index >= 15 is 0 Å². The summed E-state index contributed by atoms with van der Waals surface area (Å²) in [5, 5.41) is 3.30. The van der Waals surface area contributed by atoms with E-state index in [4.69, 9.17) is 10.5 Å². The monoisotopic (exact) mass is 237 g/mol. The summed E-state index contributed by atoms with van der Waals surface area (Å²) < 4.78 is 5.62. The number of ether oxygens (including phenoxy) is 1. The molecule has 1 rings (SSSR count). The lowest BCUT2D eigenvalue weighted by Gasteiger charge is -2.11. The zero-order valence-corrected chi connectivity index (χ0v) is 10.6. The van der Waals surface area contributed by atoms with Crippen LogP contribution in [0.25, 0.3) is 0 Å². The third kappa shape index (κ3) is 5.54. The summed E-state index contributed by atoms with van der Waals surface area (Å²) in [6.45, 7) is 4.51. The van der Waals surface area contributed by atoms with Crippen molar-refractivity contribution in [1.29, 1.82) is 0 Å². The molecule has 0 fully saturated rings. The van der Waals surface area contributed by atoms with Crippen LogP contribution < -0.4 is 15.8 Å². The average Bonchev–Trinajstić information content (AvgIpc) is 2.37. The zero-order chi connectivity index (χ0) is 12.3. The van der Waals surface area contributed by atoms with Crippen LogP contribution in [0.1, 0.15) is 32.6 Å². The predicted molar refractivity (Wildman–Crippen MR) is 71.4 cm³/mol. The lowest BCUT2D eigenvalue weighted by Crippen LogP contribution is -2.07. The average molecular weight is 237 g/mol. The standard InChI is InChI=1S/C13H23N3O/c1-2-11-17-12-7-6-10-16-13(12)15-9-5-3-4-8-14/h6-7,10H,2-5,8-9,11,14H2,1H3,(H,15,16). The smallest absolute Gasteiger partial charge is 0.168 e. The molecule has 96 valence electrons. The maximum Gasteiger partial charge on any atom is 0.168 e. The van der Waals surface area contributed by atoms with Gasteiger partial charge >= 0.3 is 0 Å². The van der Waals surface area contributed by atoms with Crippen molar-refractivity contribution in [2.45, 2.75) is 32.6 Å². The second-order valence-electron chi connectivity index (χ2n) is 3.97. The molecular weight excluding hydrogens is 214 g/mol. The highest BCUT2D eigenvalue weighted by atomic mass is 16.5. The van der Waals surface area contributed by atoms with Crippen LogP contribution in [0.2, 0.25) is 0 Å². The Labute approximate surface area is 104 Å². The number of pyridine rings is 1. The number of unbranched alkanes of at least 4 members (excludes halogenated alkanes) is 2. The summed E-state index contributed by atoms with van der Waals surface area (Å²) in [6.07, 6.45) is 6.14. The SMILES string of the molecule is CCCOc1cccnc1NCCCCCN. The summed E-state index contributed by atoms with van der Waals surface area (Å²) in [6, 6.07) is 3.84. The summed E-state index contributed by atoms with van der Waals surface area (Å²) in [5.74, 6) is 1.68. The minimum absolute atomic E-state index is 0.730. The van der Waals surface area contributed by atoms with Crippen molar-refractivity contribution in [3.05, 3.63) is 18.3 Å². The molecule has 4 heteroatoms. The molecule has 17 heavy (non-hydrogen) atoms. The van der Waals surface area contributed by atoms with Crippen LogP contribution in [0.15, 0.2) is 18.3 Å². The molecule has 0 aromatic carbocycles. The Balaban J connectivity index is 2.35. The Morgan fingerprint density at radius 3 is 3.00 bits per heavy atom. The molecule has 0 saturated heterocycles. The van der Waals surface area contributed by atoms with Gasteiger partial charge in [-0.1, -0.05) is 13.3 Å². The van der Waals surface area contributed by atoms with Gasteiger partial charge in [0.05, 0.1) is 6.61 Å². The fourth-order valence-corrected chi connectivity index (χ4v) is 1.50. The number of nitrogens with zero attached hydrogens (tertiary/aromatic N) is 1. The van der Waals surface area contributed by atoms with Gasteiger partial charge in [0, 0.05) is 12.7 Å². The first-order chi connectivity index (χ1) is 8.38. The summed E-state index contributed by atoms with van der Waals surface area (Å²) in [5.41, 5.74) is 5.45. The maximum atomic E-state index is 5.62. The number of anilines is 1. The number of rotatable bonds is 9. The first kappa shape index (κ1) is 13.8. The van der Waals surface area contributed by atoms with Crippen molar-refractivity contribution >= 4 is 5.82 Å². The van der Waals surface area contributed by atoms with Crippen molar-refractivity contribution in [3.8, 4) is 5.75 Å². The van der Waals surface area contributed by atoms with E-state index in [1.165, 1.54) is 0 Å². The molecule has 1 aromatic heterocycles. The molecule has 0 radical (unpaired) electrons. The van der Waals surface area contributed by atoms with Crippen molar-refractivity contribution in [3.63, 3.8) is 0 Å². The molecule has 4 nitrogen and oxygen atoms in total. The minimum atomic E-state index is 0.730. The molecule has 0 saturated carbocycles. The zero-order valence-electron chi connectivity index (χ0n) is 10.6. The second-order valence-corrected chi connectivity index (χ2v) is 3.97. The second kappa shape index (κ2) is 8.82. The lowest BCUT2D eigenvalue weighted by molar-refractivity contribution is 0.318. The molecule has 0 aliphatic rings. The third-order valence-electron chi connectivity index (χ3n) is 2.41. The van der Waals surface area contributed by atoms with Gasteiger partial charge in [-0.3, -0.25) is 0 Å². The number of aromatic nitrogens is 1. The van der Waals surface area contributed by atoms with Gasteiger partial charge in [0.25, 0.3) is 0 Å². The number of nitrogens with two attached hydrogens (primary N) is 1. The van der Waals surface area contributed by atoms with Crippen LogP contribution in [0.4, 0.5) is 5.82 Å². The quantitative estimate of drug-likeness (QED) is 0.647. The molecular formula is C13H23N3O. The molecule has 0 unspecified atom stereocenters. The largest absolute Gasteiger partial charge is 0.490 e. The van der Waals surface area contributed by atoms with E-state index in [9.17, 15) is 0 Å². The minimum Gasteiger partial charge on any atom is -0.490 e. The highest BCUT2D eigenvalue weighted by Gasteiger charge is 2.02. The molecule has 0 bridgehead atoms. The van der Waals surface area contributed by atoms with Gasteiger partial charge in [0.2, 0.25) is 0 Å². The fourth-order valence-electron chi connectivity index (χ4n) is 1.50. The Morgan fingerprint density at radius 1 is 1.35 bits per heavy atom. The van der Waals surface area contributed by atoms with Crippen LogP contribution >= 0.6 is 0 Å². The van der Waals surface area contributed by atoms with E-state index in [0.29, 0.717) is 0 Å². The summed E-state index contributed by atoms with van der Waals surface area (Å²) in [4.78, 5) is 4.29. The van der Waals surface area contributed by atoms with Gasteiger partial charge < -0.3 is 15.8 Å². The molecule has 3 N–H and O–H groups in total. The summed E-state index contributed by atoms with van der Waals surface area (Å²) >= 11 is 0. The normalized spacial score (nSPS) is 10.2. The van der Waals surface area contributed by atoms with Crippen LogP contribution in [-0.4, -0.2) is 24.7 Å². The highest BCUT2D eigenvalue weighted by Crippen LogP contribution is 2.20. The van der Waals surface area contributed by atoms with E-state index in [1.807, 2.05) is 12.1 Å². The summed E-state index contributed by atoms with van der Waals surface area (Å²) in [7, 11) is 0. The van der Waals surface area contributed by atoms with Crippen LogP contribution in [0, 0.1) is 0 Å². The van der Waals surface area contributed by atoms with Crippen molar-refractivity contribution in [1.82, 2.24) is 4.98 Å². The Morgan fingerprint density at radius 2 is 2.24 bits per heavy atom. The molecule has 1 aromatic rings. The highest BCUT2D eigenvalue weighted by molar-refractivity contribution is 5.49. The van der Waals surface area contributed by atoms with E-state index in [1.54, 1.807) is 6.20 Å². The van der Waals surface area contributed by atoms with Gasteiger partial charge in [-0.2, -0.15) is 0 Å². The molecule has 0 aliphatic heterocycles. The van der Waals surface area contributed by atoms with Crippen molar-refractivity contribution < 1.29 is 4.74 Å². The van der Waals surface area contributed by atoms with Crippen molar-refractivity contribution in [2.75, 3.05) is 25.0 Å². The molecule has 0 atom stereocenters. The number of hydrogen-bond acceptors (Lipinski definition) is 4. The molecule has 0 aliphatic carbocycles. The van der Waals surface area contributed by atoms with Crippen LogP contribution in [0.5, 0.6) is 5.75 Å². The van der Waals surface area contributed by atoms with Crippen molar-refractivity contribution in [2.24, 2.45) is 5.73 Å². The molecule has 0 amide bonds. The van der Waals surface area contributed by atoms with E-state index < -0.39 is 0 Å². The maximum absolute atomic E-state index is 5.62. The Hall–Kier alpha value is -1.29. The Bertz CT molecular complexity index is 304. The third-order valence-corrected chi connectivity index (χ3v) is 2.41. The predicted octanol–water partition coefficient (Wildman–Crippen LogP) is 2.41. The van der Waals surface area contributed by atoms with E-state index in [0.717, 1.165) is 56.9 Å². The molecule has 1 heterocycles. The molecule has 0 spiro atoms.